The maximum absolute atomic E-state index is 6.07. The summed E-state index contributed by atoms with van der Waals surface area (Å²) < 4.78 is 44.9. The van der Waals surface area contributed by atoms with E-state index in [1.54, 1.807) is 35.5 Å². The molecule has 4 aromatic rings. The van der Waals surface area contributed by atoms with Crippen molar-refractivity contribution in [2.45, 2.75) is 19.8 Å². The topological polar surface area (TPSA) is 90.6 Å². The Morgan fingerprint density at radius 1 is 0.575 bits per heavy atom. The fourth-order valence-corrected chi connectivity index (χ4v) is 4.18. The summed E-state index contributed by atoms with van der Waals surface area (Å²) >= 11 is 0. The van der Waals surface area contributed by atoms with Gasteiger partial charge in [0.2, 0.25) is 5.75 Å². The van der Waals surface area contributed by atoms with Crippen LogP contribution in [0.4, 0.5) is 0 Å². The molecule has 4 rings (SSSR count). The molecule has 40 heavy (non-hydrogen) atoms. The molecule has 0 amide bonds. The van der Waals surface area contributed by atoms with Gasteiger partial charge in [0.1, 0.15) is 5.69 Å². The number of hydrogen-bond donors (Lipinski definition) is 0. The van der Waals surface area contributed by atoms with E-state index in [9.17, 15) is 0 Å². The van der Waals surface area contributed by atoms with Crippen LogP contribution in [0.15, 0.2) is 59.1 Å². The van der Waals surface area contributed by atoms with E-state index in [0.29, 0.717) is 53.4 Å². The van der Waals surface area contributed by atoms with Crippen molar-refractivity contribution in [3.05, 3.63) is 60.2 Å². The van der Waals surface area contributed by atoms with E-state index in [2.05, 4.69) is 5.16 Å². The Hall–Kier alpha value is -4.53. The van der Waals surface area contributed by atoms with Crippen LogP contribution in [-0.4, -0.2) is 53.9 Å². The highest BCUT2D eigenvalue weighted by atomic mass is 16.5. The van der Waals surface area contributed by atoms with Crippen molar-refractivity contribution >= 4 is 0 Å². The standard InChI is InChI=1S/C31H35NO8/c1-20-9-11-24(33-2)27(15-20)38-13-7-8-14-39-28-16-21(10-12-25(28)34-3)26-19-23(32-40-26)22-17-29(35-4)31(37-6)30(18-22)36-5/h9-12,15-19H,7-8,13-14H2,1-6H3. The van der Waals surface area contributed by atoms with Crippen molar-refractivity contribution in [1.29, 1.82) is 0 Å². The Morgan fingerprint density at radius 3 is 1.70 bits per heavy atom. The van der Waals surface area contributed by atoms with Gasteiger partial charge in [0.15, 0.2) is 40.3 Å². The smallest absolute Gasteiger partial charge is 0.203 e. The van der Waals surface area contributed by atoms with Crippen LogP contribution in [0.1, 0.15) is 18.4 Å². The van der Waals surface area contributed by atoms with Crippen LogP contribution < -0.4 is 33.2 Å². The van der Waals surface area contributed by atoms with Gasteiger partial charge in [-0.1, -0.05) is 11.2 Å². The zero-order chi connectivity index (χ0) is 28.5. The Bertz CT molecular complexity index is 1390. The van der Waals surface area contributed by atoms with Crippen molar-refractivity contribution in [3.63, 3.8) is 0 Å². The van der Waals surface area contributed by atoms with Crippen molar-refractivity contribution in [2.24, 2.45) is 0 Å². The first-order valence-electron chi connectivity index (χ1n) is 12.9. The molecule has 0 saturated carbocycles. The van der Waals surface area contributed by atoms with Gasteiger partial charge < -0.3 is 37.7 Å². The summed E-state index contributed by atoms with van der Waals surface area (Å²) in [7, 11) is 7.96. The third-order valence-corrected chi connectivity index (χ3v) is 6.29. The third kappa shape index (κ3) is 6.54. The van der Waals surface area contributed by atoms with Crippen LogP contribution in [-0.2, 0) is 0 Å². The second-order valence-electron chi connectivity index (χ2n) is 8.91. The van der Waals surface area contributed by atoms with Crippen molar-refractivity contribution in [3.8, 4) is 62.8 Å². The van der Waals surface area contributed by atoms with Crippen LogP contribution in [0, 0.1) is 6.92 Å². The number of aromatic nitrogens is 1. The van der Waals surface area contributed by atoms with Gasteiger partial charge in [-0.3, -0.25) is 0 Å². The lowest BCUT2D eigenvalue weighted by Gasteiger charge is -2.13. The first-order valence-corrected chi connectivity index (χ1v) is 12.9. The van der Waals surface area contributed by atoms with Gasteiger partial charge in [-0.2, -0.15) is 0 Å². The molecule has 0 aliphatic rings. The summed E-state index contributed by atoms with van der Waals surface area (Å²) in [5.74, 6) is 4.88. The van der Waals surface area contributed by atoms with Gasteiger partial charge in [0.05, 0.1) is 48.8 Å². The van der Waals surface area contributed by atoms with E-state index in [-0.39, 0.29) is 0 Å². The summed E-state index contributed by atoms with van der Waals surface area (Å²) in [6.07, 6.45) is 1.62. The number of methoxy groups -OCH3 is 5. The lowest BCUT2D eigenvalue weighted by Crippen LogP contribution is -2.04. The second kappa shape index (κ2) is 13.5. The summed E-state index contributed by atoms with van der Waals surface area (Å²) in [6.45, 7) is 3.08. The molecule has 9 nitrogen and oxygen atoms in total. The average molecular weight is 550 g/mol. The minimum absolute atomic E-state index is 0.501. The summed E-state index contributed by atoms with van der Waals surface area (Å²) in [4.78, 5) is 0. The zero-order valence-electron chi connectivity index (χ0n) is 23.7. The SMILES string of the molecule is COc1ccc(C)cc1OCCCCOc1cc(-c2cc(-c3cc(OC)c(OC)c(OC)c3)no2)ccc1OC. The molecule has 0 saturated heterocycles. The van der Waals surface area contributed by atoms with E-state index >= 15 is 0 Å². The van der Waals surface area contributed by atoms with Gasteiger partial charge in [-0.05, 0) is 67.8 Å². The molecule has 1 aromatic heterocycles. The molecule has 0 aliphatic heterocycles. The molecular weight excluding hydrogens is 514 g/mol. The monoisotopic (exact) mass is 549 g/mol. The fourth-order valence-electron chi connectivity index (χ4n) is 4.18. The molecular formula is C31H35NO8. The van der Waals surface area contributed by atoms with E-state index in [1.807, 2.05) is 61.5 Å². The zero-order valence-corrected chi connectivity index (χ0v) is 23.7. The van der Waals surface area contributed by atoms with Gasteiger partial charge in [-0.15, -0.1) is 0 Å². The lowest BCUT2D eigenvalue weighted by molar-refractivity contribution is 0.252. The highest BCUT2D eigenvalue weighted by Gasteiger charge is 2.18. The second-order valence-corrected chi connectivity index (χ2v) is 8.91. The van der Waals surface area contributed by atoms with Crippen LogP contribution in [0.5, 0.6) is 40.2 Å². The van der Waals surface area contributed by atoms with Crippen LogP contribution in [0.25, 0.3) is 22.6 Å². The average Bonchev–Trinajstić information content (AvgIpc) is 3.48. The first kappa shape index (κ1) is 28.5. The Morgan fingerprint density at radius 2 is 1.12 bits per heavy atom. The van der Waals surface area contributed by atoms with Gasteiger partial charge in [0.25, 0.3) is 0 Å². The number of rotatable bonds is 14. The first-order chi connectivity index (χ1) is 19.5. The summed E-state index contributed by atoms with van der Waals surface area (Å²) in [5.41, 5.74) is 3.31. The molecule has 0 N–H and O–H groups in total. The molecule has 212 valence electrons. The molecule has 0 radical (unpaired) electrons. The molecule has 0 aliphatic carbocycles. The Balaban J connectivity index is 1.41. The summed E-state index contributed by atoms with van der Waals surface area (Å²) in [6, 6.07) is 17.0. The molecule has 0 spiro atoms. The predicted molar refractivity (Wildman–Crippen MR) is 152 cm³/mol. The minimum atomic E-state index is 0.501. The number of benzene rings is 3. The number of ether oxygens (including phenoxy) is 7. The maximum atomic E-state index is 6.07. The molecule has 3 aromatic carbocycles. The molecule has 0 atom stereocenters. The Kier molecular flexibility index (Phi) is 9.62. The number of unbranched alkanes of at least 4 members (excludes halogenated alkanes) is 1. The molecule has 0 fully saturated rings. The van der Waals surface area contributed by atoms with Crippen molar-refractivity contribution in [1.82, 2.24) is 5.16 Å². The van der Waals surface area contributed by atoms with Crippen molar-refractivity contribution < 1.29 is 37.7 Å². The largest absolute Gasteiger partial charge is 0.493 e. The fraction of sp³-hybridized carbons (Fsp3) is 0.323. The van der Waals surface area contributed by atoms with E-state index < -0.39 is 0 Å². The van der Waals surface area contributed by atoms with E-state index in [1.165, 1.54) is 0 Å². The number of nitrogens with zero attached hydrogens (tertiary/aromatic N) is 1. The van der Waals surface area contributed by atoms with E-state index in [0.717, 1.165) is 41.0 Å². The number of aryl methyl sites for hydroxylation is 1. The normalized spacial score (nSPS) is 10.7. The highest BCUT2D eigenvalue weighted by Crippen LogP contribution is 2.42. The Labute approximate surface area is 234 Å². The third-order valence-electron chi connectivity index (χ3n) is 6.29. The summed E-state index contributed by atoms with van der Waals surface area (Å²) in [5, 5.41) is 4.26. The van der Waals surface area contributed by atoms with Gasteiger partial charge >= 0.3 is 0 Å². The predicted octanol–water partition coefficient (Wildman–Crippen LogP) is 6.60. The molecule has 0 bridgehead atoms. The molecule has 1 heterocycles. The molecule has 0 unspecified atom stereocenters. The number of hydrogen-bond acceptors (Lipinski definition) is 9. The van der Waals surface area contributed by atoms with E-state index in [4.69, 9.17) is 37.7 Å². The quantitative estimate of drug-likeness (QED) is 0.161. The minimum Gasteiger partial charge on any atom is -0.493 e. The highest BCUT2D eigenvalue weighted by molar-refractivity contribution is 5.72. The van der Waals surface area contributed by atoms with Gasteiger partial charge in [-0.25, -0.2) is 0 Å². The molecule has 9 heteroatoms. The van der Waals surface area contributed by atoms with Crippen LogP contribution >= 0.6 is 0 Å². The van der Waals surface area contributed by atoms with Crippen molar-refractivity contribution in [2.75, 3.05) is 48.8 Å². The maximum Gasteiger partial charge on any atom is 0.203 e. The van der Waals surface area contributed by atoms with Crippen LogP contribution in [0.2, 0.25) is 0 Å². The lowest BCUT2D eigenvalue weighted by atomic mass is 10.1. The van der Waals surface area contributed by atoms with Gasteiger partial charge in [0, 0.05) is 17.2 Å². The van der Waals surface area contributed by atoms with Crippen LogP contribution in [0.3, 0.4) is 0 Å².